The molecule has 134 valence electrons. The highest BCUT2D eigenvalue weighted by atomic mass is 35.5. The largest absolute Gasteiger partial charge is 0.610 e. The first kappa shape index (κ1) is 19.5. The molecule has 1 atom stereocenters. The molecule has 1 unspecified atom stereocenters. The lowest BCUT2D eigenvalue weighted by molar-refractivity contribution is 0.0602. The van der Waals surface area contributed by atoms with Gasteiger partial charge in [-0.25, -0.2) is 4.79 Å². The number of carbonyl (C=O) groups excluding carboxylic acids is 2. The van der Waals surface area contributed by atoms with Crippen molar-refractivity contribution in [2.24, 2.45) is 5.92 Å². The highest BCUT2D eigenvalue weighted by Gasteiger charge is 2.28. The fraction of sp³-hybridized carbons (Fsp3) is 0.353. The molecule has 0 aliphatic heterocycles. The van der Waals surface area contributed by atoms with E-state index in [2.05, 4.69) is 4.98 Å². The van der Waals surface area contributed by atoms with Crippen molar-refractivity contribution in [1.82, 2.24) is 4.98 Å². The van der Waals surface area contributed by atoms with E-state index in [1.54, 1.807) is 0 Å². The van der Waals surface area contributed by atoms with E-state index in [9.17, 15) is 18.9 Å². The van der Waals surface area contributed by atoms with Crippen LogP contribution >= 0.6 is 11.6 Å². The molecule has 2 aromatic rings. The molecule has 0 aliphatic rings. The molecule has 6 nitrogen and oxygen atoms in total. The molecule has 0 radical (unpaired) electrons. The fourth-order valence-electron chi connectivity index (χ4n) is 2.55. The second-order valence-corrected chi connectivity index (χ2v) is 7.69. The predicted molar refractivity (Wildman–Crippen MR) is 97.0 cm³/mol. The number of esters is 1. The van der Waals surface area contributed by atoms with Gasteiger partial charge < -0.3 is 14.3 Å². The third-order valence-electron chi connectivity index (χ3n) is 3.64. The quantitative estimate of drug-likeness (QED) is 0.486. The van der Waals surface area contributed by atoms with E-state index in [0.29, 0.717) is 0 Å². The third-order valence-corrected chi connectivity index (χ3v) is 4.84. The topological polar surface area (TPSA) is 99.3 Å². The molecule has 0 fully saturated rings. The molecule has 8 heteroatoms. The Morgan fingerprint density at radius 3 is 2.52 bits per heavy atom. The molecule has 1 heterocycles. The van der Waals surface area contributed by atoms with E-state index < -0.39 is 28.4 Å². The van der Waals surface area contributed by atoms with Crippen molar-refractivity contribution in [3.63, 3.8) is 0 Å². The van der Waals surface area contributed by atoms with Crippen LogP contribution in [0, 0.1) is 5.92 Å². The Morgan fingerprint density at radius 1 is 1.36 bits per heavy atom. The lowest BCUT2D eigenvalue weighted by Gasteiger charge is -2.14. The van der Waals surface area contributed by atoms with Gasteiger partial charge in [-0.1, -0.05) is 25.4 Å². The fourth-order valence-corrected chi connectivity index (χ4v) is 3.54. The summed E-state index contributed by atoms with van der Waals surface area (Å²) in [6.07, 6.45) is 1.48. The van der Waals surface area contributed by atoms with Crippen LogP contribution in [-0.4, -0.2) is 34.7 Å². The molecule has 0 aliphatic carbocycles. The standard InChI is InChI=1S/C17H18ClNO5S/c1-8(2)7-11(20)13-15(21)12-10(18)6-5-9(17(22)24-3)14(12)19-16(13)25(4)23/h5-6,8H,7H2,1-4H3,(H,19,21). The molecular weight excluding hydrogens is 366 g/mol. The number of benzene rings is 1. The summed E-state index contributed by atoms with van der Waals surface area (Å²) in [6.45, 7) is 3.69. The number of rotatable bonds is 5. The van der Waals surface area contributed by atoms with E-state index in [-0.39, 0.29) is 44.4 Å². The summed E-state index contributed by atoms with van der Waals surface area (Å²) < 4.78 is 16.8. The number of hydrogen-bond donors (Lipinski definition) is 1. The van der Waals surface area contributed by atoms with Crippen molar-refractivity contribution in [2.75, 3.05) is 13.4 Å². The number of aromatic nitrogens is 1. The predicted octanol–water partition coefficient (Wildman–Crippen LogP) is 2.93. The van der Waals surface area contributed by atoms with Crippen LogP contribution in [0.15, 0.2) is 22.0 Å². The number of carbonyl (C=O) groups is 2. The summed E-state index contributed by atoms with van der Waals surface area (Å²) >= 11 is 4.49. The van der Waals surface area contributed by atoms with Gasteiger partial charge in [-0.05, 0) is 18.1 Å². The molecule has 0 bridgehead atoms. The Morgan fingerprint density at radius 2 is 2.00 bits per heavy atom. The van der Waals surface area contributed by atoms with Crippen LogP contribution in [0.2, 0.25) is 5.02 Å². The highest BCUT2D eigenvalue weighted by Crippen LogP contribution is 2.27. The van der Waals surface area contributed by atoms with Gasteiger partial charge in [0.2, 0.25) is 10.5 Å². The van der Waals surface area contributed by atoms with E-state index >= 15 is 0 Å². The van der Waals surface area contributed by atoms with Gasteiger partial charge in [-0.2, -0.15) is 0 Å². The van der Waals surface area contributed by atoms with Gasteiger partial charge in [-0.3, -0.25) is 9.59 Å². The number of Topliss-reactive ketones (excluding diaryl/α,β-unsaturated/α-hetero) is 1. The summed E-state index contributed by atoms with van der Waals surface area (Å²) in [7, 11) is 1.21. The zero-order chi connectivity index (χ0) is 18.9. The maximum Gasteiger partial charge on any atom is 0.340 e. The molecule has 1 aromatic heterocycles. The summed E-state index contributed by atoms with van der Waals surface area (Å²) in [5.41, 5.74) is -0.629. The van der Waals surface area contributed by atoms with E-state index in [0.717, 1.165) is 0 Å². The Bertz CT molecular complexity index is 904. The number of fused-ring (bicyclic) bond motifs is 1. The van der Waals surface area contributed by atoms with E-state index in [4.69, 9.17) is 16.3 Å². The minimum Gasteiger partial charge on any atom is -0.610 e. The van der Waals surface area contributed by atoms with Gasteiger partial charge in [0.25, 0.3) is 0 Å². The summed E-state index contributed by atoms with van der Waals surface area (Å²) in [5.74, 6) is -1.06. The van der Waals surface area contributed by atoms with E-state index in [1.165, 1.54) is 25.5 Å². The van der Waals surface area contributed by atoms with Gasteiger partial charge in [0, 0.05) is 17.6 Å². The number of ketones is 1. The molecule has 0 saturated heterocycles. The van der Waals surface area contributed by atoms with Gasteiger partial charge in [0.15, 0.2) is 5.78 Å². The van der Waals surface area contributed by atoms with Crippen LogP contribution in [0.3, 0.4) is 0 Å². The molecule has 1 N–H and O–H groups in total. The van der Waals surface area contributed by atoms with Gasteiger partial charge in [0.1, 0.15) is 11.8 Å². The van der Waals surface area contributed by atoms with Crippen LogP contribution < -0.4 is 5.43 Å². The van der Waals surface area contributed by atoms with Crippen LogP contribution in [0.25, 0.3) is 10.9 Å². The van der Waals surface area contributed by atoms with Crippen LogP contribution in [-0.2, 0) is 15.9 Å². The average Bonchev–Trinajstić information content (AvgIpc) is 2.52. The Hall–Kier alpha value is -1.83. The SMILES string of the molecule is COC(=O)c1ccc(Cl)c2c(=O)c(C(=O)CC(C)C)c([S+](C)[O-])[nH]c12. The summed E-state index contributed by atoms with van der Waals surface area (Å²) in [4.78, 5) is 40.3. The Balaban J connectivity index is 2.92. The maximum atomic E-state index is 12.9. The summed E-state index contributed by atoms with van der Waals surface area (Å²) in [6, 6.07) is 2.80. The zero-order valence-corrected chi connectivity index (χ0v) is 15.8. The summed E-state index contributed by atoms with van der Waals surface area (Å²) in [5, 5.41) is 0.0809. The number of methoxy groups -OCH3 is 1. The van der Waals surface area contributed by atoms with Crippen LogP contribution in [0.4, 0.5) is 0 Å². The Labute approximate surface area is 152 Å². The first-order valence-electron chi connectivity index (χ1n) is 7.52. The lowest BCUT2D eigenvalue weighted by atomic mass is 10.00. The highest BCUT2D eigenvalue weighted by molar-refractivity contribution is 7.90. The molecule has 0 amide bonds. The molecule has 1 aromatic carbocycles. The number of aromatic amines is 1. The smallest absolute Gasteiger partial charge is 0.340 e. The van der Waals surface area contributed by atoms with Gasteiger partial charge in [0.05, 0.1) is 28.6 Å². The van der Waals surface area contributed by atoms with E-state index in [1.807, 2.05) is 13.8 Å². The minimum absolute atomic E-state index is 0.00544. The monoisotopic (exact) mass is 383 g/mol. The number of halogens is 1. The van der Waals surface area contributed by atoms with Crippen molar-refractivity contribution >= 4 is 45.4 Å². The number of H-pyrrole nitrogens is 1. The van der Waals surface area contributed by atoms with Crippen molar-refractivity contribution in [3.05, 3.63) is 38.5 Å². The number of hydrogen-bond acceptors (Lipinski definition) is 5. The zero-order valence-electron chi connectivity index (χ0n) is 14.3. The minimum atomic E-state index is -1.64. The van der Waals surface area contributed by atoms with Crippen molar-refractivity contribution in [1.29, 1.82) is 0 Å². The lowest BCUT2D eigenvalue weighted by Crippen LogP contribution is -2.24. The second kappa shape index (κ2) is 7.59. The van der Waals surface area contributed by atoms with Crippen LogP contribution in [0.1, 0.15) is 41.0 Å². The van der Waals surface area contributed by atoms with Gasteiger partial charge >= 0.3 is 5.97 Å². The van der Waals surface area contributed by atoms with Crippen molar-refractivity contribution < 1.29 is 18.9 Å². The maximum absolute atomic E-state index is 12.9. The Kier molecular flexibility index (Phi) is 5.92. The first-order chi connectivity index (χ1) is 11.7. The number of nitrogens with one attached hydrogen (secondary N) is 1. The molecule has 0 saturated carbocycles. The second-order valence-electron chi connectivity index (χ2n) is 5.97. The van der Waals surface area contributed by atoms with Crippen LogP contribution in [0.5, 0.6) is 0 Å². The third kappa shape index (κ3) is 3.73. The first-order valence-corrected chi connectivity index (χ1v) is 9.46. The molecular formula is C17H18ClNO5S. The molecule has 25 heavy (non-hydrogen) atoms. The molecule has 2 rings (SSSR count). The average molecular weight is 384 g/mol. The molecule has 0 spiro atoms. The van der Waals surface area contributed by atoms with Gasteiger partial charge in [-0.15, -0.1) is 0 Å². The number of pyridine rings is 1. The van der Waals surface area contributed by atoms with Crippen molar-refractivity contribution in [3.8, 4) is 0 Å². The van der Waals surface area contributed by atoms with Crippen molar-refractivity contribution in [2.45, 2.75) is 25.3 Å². The normalized spacial score (nSPS) is 12.4. The number of ether oxygens (including phenoxy) is 1.